The van der Waals surface area contributed by atoms with Gasteiger partial charge in [-0.05, 0) is 24.5 Å². The quantitative estimate of drug-likeness (QED) is 0.677. The first-order valence-electron chi connectivity index (χ1n) is 7.34. The second-order valence-corrected chi connectivity index (χ2v) is 5.27. The SMILES string of the molecule is CN=C(NCC(C)c1ccccc1OC)N1CCCC1. The number of methoxy groups -OCH3 is 1. The third kappa shape index (κ3) is 3.44. The highest BCUT2D eigenvalue weighted by atomic mass is 16.5. The van der Waals surface area contributed by atoms with Gasteiger partial charge >= 0.3 is 0 Å². The van der Waals surface area contributed by atoms with Gasteiger partial charge in [0.1, 0.15) is 5.75 Å². The Hall–Kier alpha value is -1.71. The predicted octanol–water partition coefficient (Wildman–Crippen LogP) is 2.47. The lowest BCUT2D eigenvalue weighted by molar-refractivity contribution is 0.405. The van der Waals surface area contributed by atoms with Gasteiger partial charge < -0.3 is 15.0 Å². The van der Waals surface area contributed by atoms with E-state index in [4.69, 9.17) is 4.74 Å². The standard InChI is InChI=1S/C16H25N3O/c1-13(14-8-4-5-9-15(14)20-3)12-18-16(17-2)19-10-6-7-11-19/h4-5,8-9,13H,6-7,10-12H2,1-3H3,(H,17,18). The van der Waals surface area contributed by atoms with E-state index in [-0.39, 0.29) is 0 Å². The Balaban J connectivity index is 1.95. The van der Waals surface area contributed by atoms with Crippen molar-refractivity contribution in [3.63, 3.8) is 0 Å². The van der Waals surface area contributed by atoms with Crippen LogP contribution in [0.3, 0.4) is 0 Å². The third-order valence-electron chi connectivity index (χ3n) is 3.85. The highest BCUT2D eigenvalue weighted by Crippen LogP contribution is 2.25. The summed E-state index contributed by atoms with van der Waals surface area (Å²) >= 11 is 0. The smallest absolute Gasteiger partial charge is 0.193 e. The number of likely N-dealkylation sites (tertiary alicyclic amines) is 1. The molecule has 0 aromatic heterocycles. The minimum absolute atomic E-state index is 0.380. The van der Waals surface area contributed by atoms with E-state index < -0.39 is 0 Å². The first-order valence-corrected chi connectivity index (χ1v) is 7.34. The van der Waals surface area contributed by atoms with E-state index in [1.165, 1.54) is 18.4 Å². The second kappa shape index (κ2) is 7.17. The van der Waals surface area contributed by atoms with Crippen LogP contribution in [0.4, 0.5) is 0 Å². The number of rotatable bonds is 4. The van der Waals surface area contributed by atoms with Crippen molar-refractivity contribution in [3.05, 3.63) is 29.8 Å². The van der Waals surface area contributed by atoms with Gasteiger partial charge in [-0.15, -0.1) is 0 Å². The van der Waals surface area contributed by atoms with Gasteiger partial charge in [0.15, 0.2) is 5.96 Å². The molecule has 0 saturated carbocycles. The maximum atomic E-state index is 5.43. The summed E-state index contributed by atoms with van der Waals surface area (Å²) in [6, 6.07) is 8.21. The summed E-state index contributed by atoms with van der Waals surface area (Å²) in [6.45, 7) is 5.30. The summed E-state index contributed by atoms with van der Waals surface area (Å²) < 4.78 is 5.43. The molecule has 4 heteroatoms. The third-order valence-corrected chi connectivity index (χ3v) is 3.85. The lowest BCUT2D eigenvalue weighted by Gasteiger charge is -2.23. The van der Waals surface area contributed by atoms with E-state index in [1.54, 1.807) is 7.11 Å². The number of hydrogen-bond acceptors (Lipinski definition) is 2. The fraction of sp³-hybridized carbons (Fsp3) is 0.562. The number of para-hydroxylation sites is 1. The molecular weight excluding hydrogens is 250 g/mol. The fourth-order valence-electron chi connectivity index (χ4n) is 2.69. The van der Waals surface area contributed by atoms with Crippen LogP contribution >= 0.6 is 0 Å². The second-order valence-electron chi connectivity index (χ2n) is 5.27. The van der Waals surface area contributed by atoms with Crippen LogP contribution in [0.25, 0.3) is 0 Å². The highest BCUT2D eigenvalue weighted by Gasteiger charge is 2.17. The zero-order valence-corrected chi connectivity index (χ0v) is 12.7. The molecule has 1 aromatic carbocycles. The Morgan fingerprint density at radius 3 is 2.70 bits per heavy atom. The number of hydrogen-bond donors (Lipinski definition) is 1. The van der Waals surface area contributed by atoms with Crippen molar-refractivity contribution in [2.24, 2.45) is 4.99 Å². The van der Waals surface area contributed by atoms with E-state index in [2.05, 4.69) is 34.3 Å². The number of benzene rings is 1. The molecule has 0 bridgehead atoms. The van der Waals surface area contributed by atoms with E-state index >= 15 is 0 Å². The Kier molecular flexibility index (Phi) is 5.27. The summed E-state index contributed by atoms with van der Waals surface area (Å²) in [5.41, 5.74) is 1.24. The molecule has 20 heavy (non-hydrogen) atoms. The molecule has 1 aliphatic rings. The van der Waals surface area contributed by atoms with E-state index in [1.807, 2.05) is 19.2 Å². The van der Waals surface area contributed by atoms with Crippen molar-refractivity contribution in [1.29, 1.82) is 0 Å². The Morgan fingerprint density at radius 1 is 1.35 bits per heavy atom. The largest absolute Gasteiger partial charge is 0.496 e. The summed E-state index contributed by atoms with van der Waals surface area (Å²) in [5.74, 6) is 2.35. The van der Waals surface area contributed by atoms with Gasteiger partial charge in [0.2, 0.25) is 0 Å². The number of aliphatic imine (C=N–C) groups is 1. The van der Waals surface area contributed by atoms with Crippen LogP contribution in [0.1, 0.15) is 31.2 Å². The Morgan fingerprint density at radius 2 is 2.05 bits per heavy atom. The van der Waals surface area contributed by atoms with Crippen LogP contribution in [0.15, 0.2) is 29.3 Å². The minimum Gasteiger partial charge on any atom is -0.496 e. The molecule has 1 unspecified atom stereocenters. The van der Waals surface area contributed by atoms with Crippen LogP contribution in [0.2, 0.25) is 0 Å². The van der Waals surface area contributed by atoms with Crippen molar-refractivity contribution in [2.75, 3.05) is 33.8 Å². The molecule has 0 aliphatic carbocycles. The Bertz CT molecular complexity index is 453. The zero-order valence-electron chi connectivity index (χ0n) is 12.7. The molecule has 4 nitrogen and oxygen atoms in total. The lowest BCUT2D eigenvalue weighted by atomic mass is 10.0. The molecule has 1 heterocycles. The lowest BCUT2D eigenvalue weighted by Crippen LogP contribution is -2.41. The number of ether oxygens (including phenoxy) is 1. The molecule has 0 amide bonds. The van der Waals surface area contributed by atoms with Crippen molar-refractivity contribution in [2.45, 2.75) is 25.7 Å². The molecule has 1 aliphatic heterocycles. The van der Waals surface area contributed by atoms with Crippen molar-refractivity contribution in [1.82, 2.24) is 10.2 Å². The maximum absolute atomic E-state index is 5.43. The van der Waals surface area contributed by atoms with Gasteiger partial charge in [0.25, 0.3) is 0 Å². The van der Waals surface area contributed by atoms with Crippen LogP contribution < -0.4 is 10.1 Å². The summed E-state index contributed by atoms with van der Waals surface area (Å²) in [6.07, 6.45) is 2.53. The minimum atomic E-state index is 0.380. The van der Waals surface area contributed by atoms with Gasteiger partial charge in [-0.25, -0.2) is 0 Å². The van der Waals surface area contributed by atoms with Gasteiger partial charge in [-0.2, -0.15) is 0 Å². The van der Waals surface area contributed by atoms with Gasteiger partial charge in [0.05, 0.1) is 7.11 Å². The van der Waals surface area contributed by atoms with Gasteiger partial charge in [-0.1, -0.05) is 25.1 Å². The first-order chi connectivity index (χ1) is 9.76. The highest BCUT2D eigenvalue weighted by molar-refractivity contribution is 5.80. The molecule has 1 saturated heterocycles. The van der Waals surface area contributed by atoms with Crippen LogP contribution in [0.5, 0.6) is 5.75 Å². The fourth-order valence-corrected chi connectivity index (χ4v) is 2.69. The van der Waals surface area contributed by atoms with E-state index in [0.717, 1.165) is 31.3 Å². The molecule has 2 rings (SSSR count). The average molecular weight is 275 g/mol. The molecule has 1 N–H and O–H groups in total. The van der Waals surface area contributed by atoms with Gasteiger partial charge in [0, 0.05) is 32.6 Å². The number of nitrogens with zero attached hydrogens (tertiary/aromatic N) is 2. The van der Waals surface area contributed by atoms with Crippen LogP contribution in [0, 0.1) is 0 Å². The Labute approximate surface area is 121 Å². The van der Waals surface area contributed by atoms with Crippen molar-refractivity contribution in [3.8, 4) is 5.75 Å². The predicted molar refractivity (Wildman–Crippen MR) is 83.6 cm³/mol. The number of nitrogens with one attached hydrogen (secondary N) is 1. The first kappa shape index (κ1) is 14.7. The van der Waals surface area contributed by atoms with Gasteiger partial charge in [-0.3, -0.25) is 4.99 Å². The average Bonchev–Trinajstić information content (AvgIpc) is 3.02. The number of guanidine groups is 1. The van der Waals surface area contributed by atoms with Crippen molar-refractivity contribution >= 4 is 5.96 Å². The van der Waals surface area contributed by atoms with E-state index in [9.17, 15) is 0 Å². The molecule has 1 aromatic rings. The summed E-state index contributed by atoms with van der Waals surface area (Å²) in [7, 11) is 3.58. The maximum Gasteiger partial charge on any atom is 0.193 e. The molecule has 110 valence electrons. The van der Waals surface area contributed by atoms with Crippen LogP contribution in [-0.4, -0.2) is 44.7 Å². The van der Waals surface area contributed by atoms with Crippen molar-refractivity contribution < 1.29 is 4.74 Å². The summed E-state index contributed by atoms with van der Waals surface area (Å²) in [4.78, 5) is 6.71. The van der Waals surface area contributed by atoms with Crippen LogP contribution in [-0.2, 0) is 0 Å². The summed E-state index contributed by atoms with van der Waals surface area (Å²) in [5, 5.41) is 3.48. The molecule has 1 fully saturated rings. The molecule has 1 atom stereocenters. The van der Waals surface area contributed by atoms with E-state index in [0.29, 0.717) is 5.92 Å². The monoisotopic (exact) mass is 275 g/mol. The molecular formula is C16H25N3O. The topological polar surface area (TPSA) is 36.9 Å². The molecule has 0 radical (unpaired) electrons. The zero-order chi connectivity index (χ0) is 14.4. The molecule has 0 spiro atoms. The normalized spacial score (nSPS) is 17.1.